The maximum absolute atomic E-state index is 11.6. The number of carbonyl (C=O) groups is 1. The van der Waals surface area contributed by atoms with E-state index in [0.29, 0.717) is 30.0 Å². The van der Waals surface area contributed by atoms with Gasteiger partial charge in [-0.1, -0.05) is 42.0 Å². The summed E-state index contributed by atoms with van der Waals surface area (Å²) in [7, 11) is 0. The van der Waals surface area contributed by atoms with Gasteiger partial charge in [0.25, 0.3) is 5.09 Å². The molecule has 0 saturated heterocycles. The Morgan fingerprint density at radius 3 is 2.78 bits per heavy atom. The lowest BCUT2D eigenvalue weighted by atomic mass is 9.89. The van der Waals surface area contributed by atoms with Crippen molar-refractivity contribution >= 4 is 17.6 Å². The lowest BCUT2D eigenvalue weighted by Crippen LogP contribution is -2.21. The number of aliphatic hydroxyl groups is 3. The number of nitrogens with zero attached hydrogens (tertiary/aromatic N) is 1. The van der Waals surface area contributed by atoms with Crippen LogP contribution in [0, 0.1) is 22.0 Å². The van der Waals surface area contributed by atoms with Crippen molar-refractivity contribution in [1.29, 1.82) is 0 Å². The minimum absolute atomic E-state index is 0.0296. The lowest BCUT2D eigenvalue weighted by Gasteiger charge is -2.19. The van der Waals surface area contributed by atoms with Gasteiger partial charge in [0, 0.05) is 30.2 Å². The number of hydrogen-bond acceptors (Lipinski definition) is 9. The summed E-state index contributed by atoms with van der Waals surface area (Å²) >= 11 is 5.92. The molecule has 1 aromatic rings. The number of esters is 1. The van der Waals surface area contributed by atoms with Crippen molar-refractivity contribution in [3.05, 3.63) is 63.7 Å². The van der Waals surface area contributed by atoms with E-state index in [4.69, 9.17) is 21.1 Å². The zero-order chi connectivity index (χ0) is 26.3. The fourth-order valence-corrected chi connectivity index (χ4v) is 4.13. The molecule has 36 heavy (non-hydrogen) atoms. The number of allylic oxidation sites excluding steroid dienone is 2. The molecule has 200 valence electrons. The molecule has 1 aromatic carbocycles. The second kappa shape index (κ2) is 16.2. The predicted molar refractivity (Wildman–Crippen MR) is 132 cm³/mol. The van der Waals surface area contributed by atoms with Crippen LogP contribution in [0.1, 0.15) is 38.5 Å². The van der Waals surface area contributed by atoms with Gasteiger partial charge < -0.3 is 29.6 Å². The van der Waals surface area contributed by atoms with Gasteiger partial charge >= 0.3 is 5.97 Å². The molecule has 0 unspecified atom stereocenters. The van der Waals surface area contributed by atoms with Crippen LogP contribution in [0.5, 0.6) is 5.75 Å². The second-order valence-electron chi connectivity index (χ2n) is 8.56. The maximum atomic E-state index is 11.6. The molecule has 3 N–H and O–H groups in total. The monoisotopic (exact) mass is 527 g/mol. The van der Waals surface area contributed by atoms with Crippen LogP contribution in [0.15, 0.2) is 48.6 Å². The number of carbonyl (C=O) groups excluding carboxylic acids is 1. The van der Waals surface area contributed by atoms with E-state index in [2.05, 4.69) is 4.84 Å². The second-order valence-corrected chi connectivity index (χ2v) is 9.00. The van der Waals surface area contributed by atoms with Crippen LogP contribution in [-0.2, 0) is 14.4 Å². The Bertz CT molecular complexity index is 879. The van der Waals surface area contributed by atoms with E-state index in [1.54, 1.807) is 36.4 Å². The first-order valence-corrected chi connectivity index (χ1v) is 12.3. The average Bonchev–Trinajstić information content (AvgIpc) is 3.10. The molecule has 11 heteroatoms. The summed E-state index contributed by atoms with van der Waals surface area (Å²) in [5.74, 6) is -0.327. The first-order chi connectivity index (χ1) is 17.3. The highest BCUT2D eigenvalue weighted by Crippen LogP contribution is 2.36. The van der Waals surface area contributed by atoms with Crippen LogP contribution in [0.25, 0.3) is 0 Å². The zero-order valence-electron chi connectivity index (χ0n) is 20.0. The first kappa shape index (κ1) is 29.6. The van der Waals surface area contributed by atoms with Crippen molar-refractivity contribution in [2.45, 2.75) is 56.8 Å². The van der Waals surface area contributed by atoms with Crippen molar-refractivity contribution in [3.8, 4) is 5.75 Å². The minimum atomic E-state index is -0.888. The van der Waals surface area contributed by atoms with E-state index in [9.17, 15) is 30.2 Å². The van der Waals surface area contributed by atoms with Gasteiger partial charge in [0.2, 0.25) is 0 Å². The molecule has 0 radical (unpaired) electrons. The zero-order valence-corrected chi connectivity index (χ0v) is 20.7. The molecule has 0 aliphatic heterocycles. The highest BCUT2D eigenvalue weighted by molar-refractivity contribution is 6.30. The Morgan fingerprint density at radius 1 is 1.22 bits per heavy atom. The van der Waals surface area contributed by atoms with Crippen molar-refractivity contribution < 1.29 is 39.5 Å². The number of ether oxygens (including phenoxy) is 2. The smallest absolute Gasteiger partial charge is 0.305 e. The van der Waals surface area contributed by atoms with Crippen LogP contribution in [0.2, 0.25) is 5.02 Å². The van der Waals surface area contributed by atoms with E-state index < -0.39 is 23.4 Å². The molecule has 0 bridgehead atoms. The molecular weight excluding hydrogens is 494 g/mol. The summed E-state index contributed by atoms with van der Waals surface area (Å²) in [4.78, 5) is 25.8. The largest absolute Gasteiger partial charge is 0.491 e. The third-order valence-corrected chi connectivity index (χ3v) is 6.00. The Balaban J connectivity index is 1.68. The third kappa shape index (κ3) is 11.4. The van der Waals surface area contributed by atoms with Crippen molar-refractivity contribution in [3.63, 3.8) is 0 Å². The summed E-state index contributed by atoms with van der Waals surface area (Å²) in [5, 5.41) is 40.6. The third-order valence-electron chi connectivity index (χ3n) is 5.76. The molecule has 1 aliphatic carbocycles. The number of rotatable bonds is 16. The molecule has 1 fully saturated rings. The number of benzene rings is 1. The van der Waals surface area contributed by atoms with E-state index in [1.165, 1.54) is 0 Å². The molecular formula is C25H34ClNO9. The number of aliphatic hydroxyl groups excluding tert-OH is 3. The van der Waals surface area contributed by atoms with Gasteiger partial charge in [-0.05, 0) is 43.4 Å². The molecule has 1 aliphatic rings. The highest BCUT2D eigenvalue weighted by Gasteiger charge is 2.39. The van der Waals surface area contributed by atoms with Gasteiger partial charge in [0.05, 0.1) is 25.4 Å². The van der Waals surface area contributed by atoms with E-state index in [-0.39, 0.29) is 56.9 Å². The van der Waals surface area contributed by atoms with Crippen LogP contribution in [0.4, 0.5) is 0 Å². The lowest BCUT2D eigenvalue weighted by molar-refractivity contribution is -0.757. The van der Waals surface area contributed by atoms with Crippen molar-refractivity contribution in [2.75, 3.05) is 19.8 Å². The van der Waals surface area contributed by atoms with Gasteiger partial charge in [-0.15, -0.1) is 10.1 Å². The molecule has 5 atom stereocenters. The normalized spacial score (nSPS) is 22.7. The van der Waals surface area contributed by atoms with E-state index in [1.807, 2.05) is 12.2 Å². The van der Waals surface area contributed by atoms with Crippen LogP contribution in [-0.4, -0.2) is 64.5 Å². The van der Waals surface area contributed by atoms with Crippen molar-refractivity contribution in [1.82, 2.24) is 0 Å². The summed E-state index contributed by atoms with van der Waals surface area (Å²) in [5.41, 5.74) is 0. The quantitative estimate of drug-likeness (QED) is 0.0967. The average molecular weight is 528 g/mol. The number of unbranched alkanes of at least 4 members (excludes halogenated alkanes) is 1. The Kier molecular flexibility index (Phi) is 13.3. The summed E-state index contributed by atoms with van der Waals surface area (Å²) in [6.45, 7) is -0.0146. The SMILES string of the molecule is O=C(CCCC=CC[C@@H]1[C@@H](C=C[C@@H](O)COc2cccc(Cl)c2)[C@H](O)C[C@@H]1O)OCCCO[N+](=O)[O-]. The van der Waals surface area contributed by atoms with Crippen LogP contribution in [0.3, 0.4) is 0 Å². The van der Waals surface area contributed by atoms with E-state index >= 15 is 0 Å². The number of halogens is 1. The van der Waals surface area contributed by atoms with Gasteiger partial charge in [-0.25, -0.2) is 0 Å². The predicted octanol–water partition coefficient (Wildman–Crippen LogP) is 3.25. The Hall–Kier alpha value is -2.66. The molecule has 2 rings (SSSR count). The van der Waals surface area contributed by atoms with Gasteiger partial charge in [-0.3, -0.25) is 4.79 Å². The van der Waals surface area contributed by atoms with E-state index in [0.717, 1.165) is 0 Å². The maximum Gasteiger partial charge on any atom is 0.305 e. The first-order valence-electron chi connectivity index (χ1n) is 11.9. The van der Waals surface area contributed by atoms with Gasteiger partial charge in [0.15, 0.2) is 0 Å². The summed E-state index contributed by atoms with van der Waals surface area (Å²) in [6.07, 6.45) is 7.42. The molecule has 0 aromatic heterocycles. The minimum Gasteiger partial charge on any atom is -0.491 e. The highest BCUT2D eigenvalue weighted by atomic mass is 35.5. The Labute approximate surface area is 215 Å². The molecule has 0 heterocycles. The fraction of sp³-hybridized carbons (Fsp3) is 0.560. The number of hydrogen-bond donors (Lipinski definition) is 3. The molecule has 0 amide bonds. The topological polar surface area (TPSA) is 149 Å². The van der Waals surface area contributed by atoms with Gasteiger partial charge in [-0.2, -0.15) is 0 Å². The molecule has 10 nitrogen and oxygen atoms in total. The summed E-state index contributed by atoms with van der Waals surface area (Å²) in [6, 6.07) is 6.87. The fourth-order valence-electron chi connectivity index (χ4n) is 3.95. The van der Waals surface area contributed by atoms with Gasteiger partial charge in [0.1, 0.15) is 18.5 Å². The van der Waals surface area contributed by atoms with Crippen molar-refractivity contribution in [2.24, 2.45) is 11.8 Å². The van der Waals surface area contributed by atoms with Crippen LogP contribution < -0.4 is 4.74 Å². The summed E-state index contributed by atoms with van der Waals surface area (Å²) < 4.78 is 10.5. The molecule has 1 saturated carbocycles. The standard InChI is InChI=1S/C25H34ClNO9/c26-18-7-5-8-20(15-18)35-17-19(28)11-12-22-21(23(29)16-24(22)30)9-3-1-2-4-10-25(31)34-13-6-14-36-27(32)33/h1,3,5,7-8,11-12,15,19,21-24,28-30H,2,4,6,9-10,13-14,16-17H2/t19-,21-,22-,23+,24-/m1/s1. The molecule has 0 spiro atoms. The van der Waals surface area contributed by atoms with Crippen LogP contribution >= 0.6 is 11.6 Å². The Morgan fingerprint density at radius 2 is 2.03 bits per heavy atom.